The molecule has 0 unspecified atom stereocenters. The van der Waals surface area contributed by atoms with Crippen LogP contribution in [0.5, 0.6) is 0 Å². The molecule has 4 heteroatoms. The van der Waals surface area contributed by atoms with E-state index in [0.717, 1.165) is 25.9 Å². The first-order valence-electron chi connectivity index (χ1n) is 9.51. The number of amides is 1. The zero-order valence-electron chi connectivity index (χ0n) is 15.7. The molecule has 0 spiro atoms. The smallest absolute Gasteiger partial charge is 0.227 e. The van der Waals surface area contributed by atoms with Gasteiger partial charge in [-0.1, -0.05) is 50.2 Å². The predicted molar refractivity (Wildman–Crippen MR) is 104 cm³/mol. The molecule has 138 valence electrons. The SMILES string of the molecule is CCc1cccc(CC)c1N1CCN(C(=O)Cc2ccccc2F)CC1. The maximum absolute atomic E-state index is 13.8. The number of nitrogens with zero attached hydrogens (tertiary/aromatic N) is 2. The van der Waals surface area contributed by atoms with Gasteiger partial charge in [-0.15, -0.1) is 0 Å². The normalized spacial score (nSPS) is 14.6. The number of anilines is 1. The van der Waals surface area contributed by atoms with E-state index in [2.05, 4.69) is 36.9 Å². The molecular formula is C22H27FN2O. The highest BCUT2D eigenvalue weighted by atomic mass is 19.1. The molecule has 1 fully saturated rings. The van der Waals surface area contributed by atoms with Crippen LogP contribution < -0.4 is 4.90 Å². The summed E-state index contributed by atoms with van der Waals surface area (Å²) in [4.78, 5) is 16.8. The van der Waals surface area contributed by atoms with Crippen LogP contribution in [0.1, 0.15) is 30.5 Å². The molecule has 0 bridgehead atoms. The molecule has 1 amide bonds. The van der Waals surface area contributed by atoms with Crippen LogP contribution in [-0.4, -0.2) is 37.0 Å². The minimum Gasteiger partial charge on any atom is -0.368 e. The number of para-hydroxylation sites is 1. The van der Waals surface area contributed by atoms with E-state index in [1.54, 1.807) is 18.2 Å². The van der Waals surface area contributed by atoms with Gasteiger partial charge in [0.25, 0.3) is 0 Å². The van der Waals surface area contributed by atoms with Crippen molar-refractivity contribution in [1.82, 2.24) is 4.90 Å². The second-order valence-corrected chi connectivity index (χ2v) is 6.77. The summed E-state index contributed by atoms with van der Waals surface area (Å²) in [6, 6.07) is 13.1. The van der Waals surface area contributed by atoms with E-state index in [1.165, 1.54) is 22.9 Å². The average Bonchev–Trinajstić information content (AvgIpc) is 2.69. The topological polar surface area (TPSA) is 23.6 Å². The zero-order valence-corrected chi connectivity index (χ0v) is 15.7. The van der Waals surface area contributed by atoms with Crippen molar-refractivity contribution in [3.05, 3.63) is 65.0 Å². The molecule has 2 aromatic carbocycles. The van der Waals surface area contributed by atoms with Crippen LogP contribution in [0.3, 0.4) is 0 Å². The summed E-state index contributed by atoms with van der Waals surface area (Å²) in [7, 11) is 0. The molecule has 0 N–H and O–H groups in total. The first kappa shape index (κ1) is 18.4. The Balaban J connectivity index is 1.66. The number of aryl methyl sites for hydroxylation is 2. The second kappa shape index (κ2) is 8.35. The maximum Gasteiger partial charge on any atom is 0.227 e. The lowest BCUT2D eigenvalue weighted by Crippen LogP contribution is -2.49. The molecule has 0 radical (unpaired) electrons. The van der Waals surface area contributed by atoms with Gasteiger partial charge in [-0.2, -0.15) is 0 Å². The van der Waals surface area contributed by atoms with Crippen LogP contribution >= 0.6 is 0 Å². The van der Waals surface area contributed by atoms with Crippen molar-refractivity contribution >= 4 is 11.6 Å². The molecular weight excluding hydrogens is 327 g/mol. The van der Waals surface area contributed by atoms with Gasteiger partial charge in [-0.25, -0.2) is 4.39 Å². The van der Waals surface area contributed by atoms with Crippen molar-refractivity contribution in [3.63, 3.8) is 0 Å². The first-order chi connectivity index (χ1) is 12.6. The highest BCUT2D eigenvalue weighted by Crippen LogP contribution is 2.28. The lowest BCUT2D eigenvalue weighted by atomic mass is 10.0. The third-order valence-electron chi connectivity index (χ3n) is 5.21. The second-order valence-electron chi connectivity index (χ2n) is 6.77. The number of hydrogen-bond donors (Lipinski definition) is 0. The highest BCUT2D eigenvalue weighted by molar-refractivity contribution is 5.79. The molecule has 1 saturated heterocycles. The van der Waals surface area contributed by atoms with Gasteiger partial charge in [0.2, 0.25) is 5.91 Å². The Bertz CT molecular complexity index is 744. The number of carbonyl (C=O) groups excluding carboxylic acids is 1. The van der Waals surface area contributed by atoms with Crippen LogP contribution in [0.2, 0.25) is 0 Å². The fourth-order valence-corrected chi connectivity index (χ4v) is 3.72. The Hall–Kier alpha value is -2.36. The summed E-state index contributed by atoms with van der Waals surface area (Å²) in [5.41, 5.74) is 4.56. The van der Waals surface area contributed by atoms with Crippen molar-refractivity contribution < 1.29 is 9.18 Å². The molecule has 0 aromatic heterocycles. The maximum atomic E-state index is 13.8. The number of benzene rings is 2. The number of carbonyl (C=O) groups is 1. The minimum atomic E-state index is -0.302. The molecule has 3 rings (SSSR count). The van der Waals surface area contributed by atoms with Gasteiger partial charge >= 0.3 is 0 Å². The number of hydrogen-bond acceptors (Lipinski definition) is 2. The van der Waals surface area contributed by atoms with Crippen LogP contribution in [0, 0.1) is 5.82 Å². The Morgan fingerprint density at radius 1 is 0.885 bits per heavy atom. The van der Waals surface area contributed by atoms with Gasteiger partial charge in [-0.3, -0.25) is 4.79 Å². The molecule has 26 heavy (non-hydrogen) atoms. The van der Waals surface area contributed by atoms with E-state index in [0.29, 0.717) is 18.7 Å². The largest absolute Gasteiger partial charge is 0.368 e. The van der Waals surface area contributed by atoms with Crippen molar-refractivity contribution in [2.75, 3.05) is 31.1 Å². The third kappa shape index (κ3) is 3.90. The summed E-state index contributed by atoms with van der Waals surface area (Å²) in [5.74, 6) is -0.293. The van der Waals surface area contributed by atoms with E-state index in [-0.39, 0.29) is 18.1 Å². The van der Waals surface area contributed by atoms with Crippen molar-refractivity contribution in [2.45, 2.75) is 33.1 Å². The quantitative estimate of drug-likeness (QED) is 0.814. The van der Waals surface area contributed by atoms with E-state index in [4.69, 9.17) is 0 Å². The summed E-state index contributed by atoms with van der Waals surface area (Å²) in [6.07, 6.45) is 2.16. The molecule has 1 heterocycles. The lowest BCUT2D eigenvalue weighted by Gasteiger charge is -2.38. The number of halogens is 1. The van der Waals surface area contributed by atoms with Gasteiger partial charge in [-0.05, 0) is 35.6 Å². The number of piperazine rings is 1. The molecule has 3 nitrogen and oxygen atoms in total. The first-order valence-corrected chi connectivity index (χ1v) is 9.51. The van der Waals surface area contributed by atoms with Crippen LogP contribution in [0.15, 0.2) is 42.5 Å². The molecule has 1 aliphatic heterocycles. The Morgan fingerprint density at radius 2 is 1.46 bits per heavy atom. The summed E-state index contributed by atoms with van der Waals surface area (Å²) >= 11 is 0. The van der Waals surface area contributed by atoms with Crippen molar-refractivity contribution in [1.29, 1.82) is 0 Å². The average molecular weight is 354 g/mol. The van der Waals surface area contributed by atoms with E-state index >= 15 is 0 Å². The molecule has 0 saturated carbocycles. The van der Waals surface area contributed by atoms with Gasteiger partial charge in [0.1, 0.15) is 5.82 Å². The van der Waals surface area contributed by atoms with Gasteiger partial charge in [0, 0.05) is 31.9 Å². The van der Waals surface area contributed by atoms with Crippen LogP contribution in [0.4, 0.5) is 10.1 Å². The Labute approximate surface area is 155 Å². The van der Waals surface area contributed by atoms with E-state index in [1.807, 2.05) is 4.90 Å². The van der Waals surface area contributed by atoms with Gasteiger partial charge in [0.15, 0.2) is 0 Å². The van der Waals surface area contributed by atoms with E-state index in [9.17, 15) is 9.18 Å². The third-order valence-corrected chi connectivity index (χ3v) is 5.21. The van der Waals surface area contributed by atoms with Gasteiger partial charge < -0.3 is 9.80 Å². The fraction of sp³-hybridized carbons (Fsp3) is 0.409. The van der Waals surface area contributed by atoms with Crippen molar-refractivity contribution in [2.24, 2.45) is 0 Å². The monoisotopic (exact) mass is 354 g/mol. The van der Waals surface area contributed by atoms with Crippen LogP contribution in [-0.2, 0) is 24.1 Å². The highest BCUT2D eigenvalue weighted by Gasteiger charge is 2.24. The van der Waals surface area contributed by atoms with Crippen LogP contribution in [0.25, 0.3) is 0 Å². The Kier molecular flexibility index (Phi) is 5.92. The molecule has 0 aliphatic carbocycles. The molecule has 0 atom stereocenters. The Morgan fingerprint density at radius 3 is 2.04 bits per heavy atom. The minimum absolute atomic E-state index is 0.00856. The predicted octanol–water partition coefficient (Wildman–Crippen LogP) is 3.84. The van der Waals surface area contributed by atoms with Crippen molar-refractivity contribution in [3.8, 4) is 0 Å². The zero-order chi connectivity index (χ0) is 18.5. The van der Waals surface area contributed by atoms with E-state index < -0.39 is 0 Å². The summed E-state index contributed by atoms with van der Waals surface area (Å²) in [6.45, 7) is 7.40. The summed E-state index contributed by atoms with van der Waals surface area (Å²) in [5, 5.41) is 0. The molecule has 1 aliphatic rings. The lowest BCUT2D eigenvalue weighted by molar-refractivity contribution is -0.130. The number of rotatable bonds is 5. The standard InChI is InChI=1S/C22H27FN2O/c1-3-17-9-7-10-18(4-2)22(17)25-14-12-24(13-15-25)21(26)16-19-8-5-6-11-20(19)23/h5-11H,3-4,12-16H2,1-2H3. The summed E-state index contributed by atoms with van der Waals surface area (Å²) < 4.78 is 13.8. The molecule has 2 aromatic rings. The fourth-order valence-electron chi connectivity index (χ4n) is 3.72. The van der Waals surface area contributed by atoms with Gasteiger partial charge in [0.05, 0.1) is 6.42 Å².